The number of benzene rings is 1. The van der Waals surface area contributed by atoms with Gasteiger partial charge >= 0.3 is 0 Å². The number of para-hydroxylation sites is 1. The molecule has 2 aromatic rings. The summed E-state index contributed by atoms with van der Waals surface area (Å²) in [5, 5.41) is 5.05. The van der Waals surface area contributed by atoms with Gasteiger partial charge in [-0.3, -0.25) is 0 Å². The molecule has 108 valence electrons. The van der Waals surface area contributed by atoms with Gasteiger partial charge in [0.25, 0.3) is 0 Å². The predicted molar refractivity (Wildman–Crippen MR) is 82.7 cm³/mol. The van der Waals surface area contributed by atoms with E-state index in [4.69, 9.17) is 4.74 Å². The summed E-state index contributed by atoms with van der Waals surface area (Å²) in [6, 6.07) is 9.12. The quantitative estimate of drug-likeness (QED) is 0.925. The highest BCUT2D eigenvalue weighted by atomic mass is 16.5. The number of hydrogen-bond donors (Lipinski definition) is 1. The van der Waals surface area contributed by atoms with Gasteiger partial charge in [0.1, 0.15) is 0 Å². The maximum absolute atomic E-state index is 5.51. The van der Waals surface area contributed by atoms with E-state index in [9.17, 15) is 0 Å². The summed E-state index contributed by atoms with van der Waals surface area (Å²) in [6.45, 7) is 5.49. The first-order valence-electron chi connectivity index (χ1n) is 7.33. The van der Waals surface area contributed by atoms with Crippen molar-refractivity contribution in [2.75, 3.05) is 7.11 Å². The van der Waals surface area contributed by atoms with Gasteiger partial charge in [-0.25, -0.2) is 0 Å². The Labute approximate surface area is 120 Å². The van der Waals surface area contributed by atoms with Gasteiger partial charge in [-0.05, 0) is 18.1 Å². The number of hydrogen-bond acceptors (Lipinski definition) is 2. The van der Waals surface area contributed by atoms with Crippen LogP contribution in [0, 0.1) is 5.41 Å². The molecule has 3 nitrogen and oxygen atoms in total. The van der Waals surface area contributed by atoms with E-state index in [-0.39, 0.29) is 5.41 Å². The summed E-state index contributed by atoms with van der Waals surface area (Å²) in [6.07, 6.45) is 3.72. The van der Waals surface area contributed by atoms with Crippen LogP contribution in [0.2, 0.25) is 0 Å². The van der Waals surface area contributed by atoms with Gasteiger partial charge < -0.3 is 14.6 Å². The summed E-state index contributed by atoms with van der Waals surface area (Å²) in [7, 11) is 3.92. The molecule has 0 amide bonds. The SMILES string of the molecule is COC1CC(NCc2cn(C)c3ccccc23)C1(C)C. The molecule has 3 heteroatoms. The molecule has 1 aromatic heterocycles. The minimum atomic E-state index is 0.222. The zero-order valence-electron chi connectivity index (χ0n) is 12.8. The second-order valence-corrected chi connectivity index (χ2v) is 6.50. The molecule has 1 aliphatic carbocycles. The summed E-state index contributed by atoms with van der Waals surface area (Å²) in [4.78, 5) is 0. The fourth-order valence-corrected chi connectivity index (χ4v) is 3.43. The fourth-order valence-electron chi connectivity index (χ4n) is 3.43. The van der Waals surface area contributed by atoms with Crippen LogP contribution in [0.1, 0.15) is 25.8 Å². The normalized spacial score (nSPS) is 24.8. The van der Waals surface area contributed by atoms with Gasteiger partial charge in [0.2, 0.25) is 0 Å². The Morgan fingerprint density at radius 3 is 2.80 bits per heavy atom. The highest BCUT2D eigenvalue weighted by Crippen LogP contribution is 2.42. The Balaban J connectivity index is 1.73. The maximum atomic E-state index is 5.51. The summed E-state index contributed by atoms with van der Waals surface area (Å²) >= 11 is 0. The average Bonchev–Trinajstić information content (AvgIpc) is 2.75. The average molecular weight is 272 g/mol. The summed E-state index contributed by atoms with van der Waals surface area (Å²) in [5.41, 5.74) is 2.89. The van der Waals surface area contributed by atoms with Crippen LogP contribution < -0.4 is 5.32 Å². The van der Waals surface area contributed by atoms with E-state index >= 15 is 0 Å². The molecular weight excluding hydrogens is 248 g/mol. The van der Waals surface area contributed by atoms with Gasteiger partial charge in [0.15, 0.2) is 0 Å². The first-order valence-corrected chi connectivity index (χ1v) is 7.33. The van der Waals surface area contributed by atoms with Crippen molar-refractivity contribution in [2.45, 2.75) is 39.0 Å². The minimum absolute atomic E-state index is 0.222. The van der Waals surface area contributed by atoms with Gasteiger partial charge in [0, 0.05) is 49.3 Å². The fraction of sp³-hybridized carbons (Fsp3) is 0.529. The van der Waals surface area contributed by atoms with Crippen LogP contribution in [-0.2, 0) is 18.3 Å². The molecule has 2 atom stereocenters. The number of nitrogens with zero attached hydrogens (tertiary/aromatic N) is 1. The van der Waals surface area contributed by atoms with Crippen molar-refractivity contribution in [1.29, 1.82) is 0 Å². The lowest BCUT2D eigenvalue weighted by Gasteiger charge is -2.51. The molecule has 0 radical (unpaired) electrons. The molecule has 1 N–H and O–H groups in total. The van der Waals surface area contributed by atoms with E-state index in [1.165, 1.54) is 16.5 Å². The molecule has 0 saturated heterocycles. The van der Waals surface area contributed by atoms with E-state index < -0.39 is 0 Å². The van der Waals surface area contributed by atoms with Gasteiger partial charge in [-0.1, -0.05) is 32.0 Å². The molecule has 0 spiro atoms. The number of aryl methyl sites for hydroxylation is 1. The lowest BCUT2D eigenvalue weighted by Crippen LogP contribution is -2.60. The van der Waals surface area contributed by atoms with Crippen LogP contribution in [0.15, 0.2) is 30.5 Å². The Morgan fingerprint density at radius 2 is 2.10 bits per heavy atom. The third kappa shape index (κ3) is 2.05. The largest absolute Gasteiger partial charge is 0.381 e. The highest BCUT2D eigenvalue weighted by molar-refractivity contribution is 5.83. The van der Waals surface area contributed by atoms with E-state index in [1.54, 1.807) is 0 Å². The molecule has 2 unspecified atom stereocenters. The maximum Gasteiger partial charge on any atom is 0.0652 e. The molecular formula is C17H24N2O. The van der Waals surface area contributed by atoms with Crippen molar-refractivity contribution >= 4 is 10.9 Å². The van der Waals surface area contributed by atoms with Crippen molar-refractivity contribution in [1.82, 2.24) is 9.88 Å². The van der Waals surface area contributed by atoms with Crippen LogP contribution >= 0.6 is 0 Å². The highest BCUT2D eigenvalue weighted by Gasteiger charge is 2.48. The Bertz CT molecular complexity index is 614. The molecule has 20 heavy (non-hydrogen) atoms. The molecule has 1 heterocycles. The third-order valence-electron chi connectivity index (χ3n) is 4.98. The van der Waals surface area contributed by atoms with Gasteiger partial charge in [-0.15, -0.1) is 0 Å². The van der Waals surface area contributed by atoms with Crippen LogP contribution in [-0.4, -0.2) is 23.8 Å². The number of fused-ring (bicyclic) bond motifs is 1. The topological polar surface area (TPSA) is 26.2 Å². The standard InChI is InChI=1S/C17H24N2O/c1-17(2)15(9-16(17)20-4)18-10-12-11-19(3)14-8-6-5-7-13(12)14/h5-8,11,15-16,18H,9-10H2,1-4H3. The minimum Gasteiger partial charge on any atom is -0.381 e. The van der Waals surface area contributed by atoms with Crippen molar-refractivity contribution in [3.05, 3.63) is 36.0 Å². The van der Waals surface area contributed by atoms with Crippen molar-refractivity contribution in [3.63, 3.8) is 0 Å². The zero-order valence-corrected chi connectivity index (χ0v) is 12.8. The van der Waals surface area contributed by atoms with Gasteiger partial charge in [-0.2, -0.15) is 0 Å². The number of nitrogens with one attached hydrogen (secondary N) is 1. The van der Waals surface area contributed by atoms with Gasteiger partial charge in [0.05, 0.1) is 6.10 Å². The lowest BCUT2D eigenvalue weighted by atomic mass is 9.64. The lowest BCUT2D eigenvalue weighted by molar-refractivity contribution is -0.0978. The summed E-state index contributed by atoms with van der Waals surface area (Å²) in [5.74, 6) is 0. The van der Waals surface area contributed by atoms with E-state index in [2.05, 4.69) is 61.2 Å². The second kappa shape index (κ2) is 4.90. The molecule has 1 aromatic carbocycles. The van der Waals surface area contributed by atoms with Crippen LogP contribution in [0.5, 0.6) is 0 Å². The Kier molecular flexibility index (Phi) is 3.35. The number of ether oxygens (including phenoxy) is 1. The van der Waals surface area contributed by atoms with Crippen LogP contribution in [0.4, 0.5) is 0 Å². The Hall–Kier alpha value is -1.32. The van der Waals surface area contributed by atoms with E-state index in [0.717, 1.165) is 13.0 Å². The molecule has 0 aliphatic heterocycles. The third-order valence-corrected chi connectivity index (χ3v) is 4.98. The van der Waals surface area contributed by atoms with Crippen molar-refractivity contribution < 1.29 is 4.74 Å². The first-order chi connectivity index (χ1) is 9.54. The smallest absolute Gasteiger partial charge is 0.0652 e. The van der Waals surface area contributed by atoms with Crippen LogP contribution in [0.3, 0.4) is 0 Å². The molecule has 1 fully saturated rings. The molecule has 3 rings (SSSR count). The monoisotopic (exact) mass is 272 g/mol. The second-order valence-electron chi connectivity index (χ2n) is 6.50. The number of aromatic nitrogens is 1. The number of methoxy groups -OCH3 is 1. The van der Waals surface area contributed by atoms with E-state index in [0.29, 0.717) is 12.1 Å². The van der Waals surface area contributed by atoms with Crippen molar-refractivity contribution in [2.24, 2.45) is 12.5 Å². The molecule has 1 aliphatic rings. The predicted octanol–water partition coefficient (Wildman–Crippen LogP) is 3.08. The van der Waals surface area contributed by atoms with Crippen LogP contribution in [0.25, 0.3) is 10.9 Å². The first kappa shape index (κ1) is 13.7. The zero-order chi connectivity index (χ0) is 14.3. The molecule has 1 saturated carbocycles. The van der Waals surface area contributed by atoms with Crippen molar-refractivity contribution in [3.8, 4) is 0 Å². The number of rotatable bonds is 4. The molecule has 0 bridgehead atoms. The van der Waals surface area contributed by atoms with E-state index in [1.807, 2.05) is 7.11 Å². The summed E-state index contributed by atoms with van der Waals surface area (Å²) < 4.78 is 7.72. The Morgan fingerprint density at radius 1 is 1.35 bits per heavy atom.